The van der Waals surface area contributed by atoms with Gasteiger partial charge in [-0.2, -0.15) is 0 Å². The van der Waals surface area contributed by atoms with Crippen molar-refractivity contribution >= 4 is 63.4 Å². The fourth-order valence-corrected chi connectivity index (χ4v) is 2.32. The summed E-state index contributed by atoms with van der Waals surface area (Å²) in [6, 6.07) is 10.5. The molecule has 6 heteroatoms. The first-order valence-corrected chi connectivity index (χ1v) is 6.83. The molecule has 0 amide bonds. The molecule has 0 atom stereocenters. The van der Waals surface area contributed by atoms with E-state index in [9.17, 15) is 0 Å². The van der Waals surface area contributed by atoms with E-state index in [2.05, 4.69) is 5.32 Å². The van der Waals surface area contributed by atoms with Crippen molar-refractivity contribution in [3.63, 3.8) is 0 Å². The largest absolute Gasteiger partial charge is 0.389 e. The van der Waals surface area contributed by atoms with E-state index < -0.39 is 0 Å². The van der Waals surface area contributed by atoms with Crippen LogP contribution in [-0.4, -0.2) is 4.99 Å². The molecule has 0 unspecified atom stereocenters. The lowest BCUT2D eigenvalue weighted by Crippen LogP contribution is -2.09. The second kappa shape index (κ2) is 5.97. The molecule has 0 radical (unpaired) electrons. The normalized spacial score (nSPS) is 10.3. The van der Waals surface area contributed by atoms with E-state index >= 15 is 0 Å². The number of rotatable bonds is 3. The highest BCUT2D eigenvalue weighted by molar-refractivity contribution is 7.80. The number of thiocarbonyl (C=S) groups is 1. The van der Waals surface area contributed by atoms with Crippen molar-refractivity contribution in [3.05, 3.63) is 57.0 Å². The molecule has 0 aliphatic carbocycles. The van der Waals surface area contributed by atoms with Gasteiger partial charge in [-0.05, 0) is 36.4 Å². The van der Waals surface area contributed by atoms with Crippen molar-refractivity contribution in [2.75, 3.05) is 5.32 Å². The average Bonchev–Trinajstić information content (AvgIpc) is 2.34. The number of nitrogens with two attached hydrogens (primary N) is 1. The minimum Gasteiger partial charge on any atom is -0.389 e. The summed E-state index contributed by atoms with van der Waals surface area (Å²) in [4.78, 5) is 0.304. The summed E-state index contributed by atoms with van der Waals surface area (Å²) in [5, 5.41) is 4.73. The molecule has 0 spiro atoms. The molecule has 0 fully saturated rings. The third kappa shape index (κ3) is 3.51. The molecule has 0 saturated heterocycles. The van der Waals surface area contributed by atoms with Gasteiger partial charge in [0.05, 0.1) is 21.4 Å². The van der Waals surface area contributed by atoms with Crippen molar-refractivity contribution in [3.8, 4) is 0 Å². The Bertz CT molecular complexity index is 644. The van der Waals surface area contributed by atoms with E-state index in [4.69, 9.17) is 52.8 Å². The minimum atomic E-state index is 0.304. The zero-order valence-electron chi connectivity index (χ0n) is 9.58. The summed E-state index contributed by atoms with van der Waals surface area (Å²) in [6.45, 7) is 0. The highest BCUT2D eigenvalue weighted by Crippen LogP contribution is 2.31. The van der Waals surface area contributed by atoms with Crippen molar-refractivity contribution in [2.45, 2.75) is 0 Å². The molecule has 3 N–H and O–H groups in total. The molecule has 2 aromatic carbocycles. The predicted octanol–water partition coefficient (Wildman–Crippen LogP) is 5.02. The predicted molar refractivity (Wildman–Crippen MR) is 87.1 cm³/mol. The number of benzene rings is 2. The average molecular weight is 332 g/mol. The molecule has 2 nitrogen and oxygen atoms in total. The van der Waals surface area contributed by atoms with Gasteiger partial charge < -0.3 is 11.1 Å². The highest BCUT2D eigenvalue weighted by Gasteiger charge is 2.06. The van der Waals surface area contributed by atoms with Gasteiger partial charge in [-0.1, -0.05) is 47.0 Å². The second-order valence-corrected chi connectivity index (χ2v) is 5.50. The van der Waals surface area contributed by atoms with Crippen LogP contribution >= 0.6 is 47.0 Å². The van der Waals surface area contributed by atoms with Crippen LogP contribution in [0.4, 0.5) is 11.4 Å². The SMILES string of the molecule is NC(=S)c1ccc(Nc2ccc(Cl)cc2Cl)c(Cl)c1. The van der Waals surface area contributed by atoms with Gasteiger partial charge >= 0.3 is 0 Å². The lowest BCUT2D eigenvalue weighted by molar-refractivity contribution is 1.53. The van der Waals surface area contributed by atoms with Gasteiger partial charge in [-0.25, -0.2) is 0 Å². The molecular formula is C13H9Cl3N2S. The van der Waals surface area contributed by atoms with E-state index in [0.717, 1.165) is 5.69 Å². The number of hydrogen-bond acceptors (Lipinski definition) is 2. The molecule has 0 saturated carbocycles. The van der Waals surface area contributed by atoms with E-state index in [1.807, 2.05) is 0 Å². The Morgan fingerprint density at radius 1 is 0.947 bits per heavy atom. The molecule has 0 bridgehead atoms. The van der Waals surface area contributed by atoms with Crippen LogP contribution < -0.4 is 11.1 Å². The Kier molecular flexibility index (Phi) is 4.53. The zero-order valence-corrected chi connectivity index (χ0v) is 12.7. The first-order chi connectivity index (χ1) is 8.97. The van der Waals surface area contributed by atoms with Crippen molar-refractivity contribution in [2.24, 2.45) is 5.73 Å². The topological polar surface area (TPSA) is 38.0 Å². The Hall–Kier alpha value is -1.000. The van der Waals surface area contributed by atoms with E-state index in [-0.39, 0.29) is 0 Å². The Balaban J connectivity index is 2.31. The maximum absolute atomic E-state index is 6.16. The van der Waals surface area contributed by atoms with Crippen molar-refractivity contribution < 1.29 is 0 Å². The van der Waals surface area contributed by atoms with Crippen LogP contribution in [0.3, 0.4) is 0 Å². The zero-order chi connectivity index (χ0) is 14.0. The Morgan fingerprint density at radius 2 is 1.53 bits per heavy atom. The number of hydrogen-bond donors (Lipinski definition) is 2. The summed E-state index contributed by atoms with van der Waals surface area (Å²) in [5.74, 6) is 0. The van der Waals surface area contributed by atoms with Gasteiger partial charge in [0.2, 0.25) is 0 Å². The quantitative estimate of drug-likeness (QED) is 0.775. The number of anilines is 2. The molecule has 2 rings (SSSR count). The van der Waals surface area contributed by atoms with Gasteiger partial charge in [0.1, 0.15) is 4.99 Å². The van der Waals surface area contributed by atoms with Gasteiger partial charge in [0, 0.05) is 10.6 Å². The van der Waals surface area contributed by atoms with Crippen LogP contribution in [0.5, 0.6) is 0 Å². The fraction of sp³-hybridized carbons (Fsp3) is 0. The first-order valence-electron chi connectivity index (χ1n) is 5.29. The number of halogens is 3. The standard InChI is InChI=1S/C13H9Cl3N2S/c14-8-2-4-12(10(16)6-8)18-11-3-1-7(13(17)19)5-9(11)15/h1-6,18H,(H2,17,19). The molecule has 2 aromatic rings. The summed E-state index contributed by atoms with van der Waals surface area (Å²) in [6.07, 6.45) is 0. The smallest absolute Gasteiger partial charge is 0.104 e. The minimum absolute atomic E-state index is 0.304. The van der Waals surface area contributed by atoms with Gasteiger partial charge in [-0.15, -0.1) is 0 Å². The van der Waals surface area contributed by atoms with E-state index in [1.54, 1.807) is 36.4 Å². The van der Waals surface area contributed by atoms with Gasteiger partial charge in [0.25, 0.3) is 0 Å². The third-order valence-electron chi connectivity index (χ3n) is 2.45. The third-order valence-corrected chi connectivity index (χ3v) is 3.55. The summed E-state index contributed by atoms with van der Waals surface area (Å²) in [5.41, 5.74) is 7.69. The van der Waals surface area contributed by atoms with E-state index in [0.29, 0.717) is 31.3 Å². The van der Waals surface area contributed by atoms with Crippen molar-refractivity contribution in [1.29, 1.82) is 0 Å². The van der Waals surface area contributed by atoms with Crippen LogP contribution in [0.2, 0.25) is 15.1 Å². The number of nitrogens with one attached hydrogen (secondary N) is 1. The molecular weight excluding hydrogens is 323 g/mol. The van der Waals surface area contributed by atoms with Crippen LogP contribution in [0.15, 0.2) is 36.4 Å². The molecule has 0 heterocycles. The molecule has 0 aliphatic heterocycles. The van der Waals surface area contributed by atoms with Crippen LogP contribution in [0.1, 0.15) is 5.56 Å². The lowest BCUT2D eigenvalue weighted by atomic mass is 10.2. The Morgan fingerprint density at radius 3 is 2.05 bits per heavy atom. The summed E-state index contributed by atoms with van der Waals surface area (Å²) in [7, 11) is 0. The molecule has 0 aromatic heterocycles. The van der Waals surface area contributed by atoms with Crippen molar-refractivity contribution in [1.82, 2.24) is 0 Å². The first kappa shape index (κ1) is 14.4. The fourth-order valence-electron chi connectivity index (χ4n) is 1.51. The summed E-state index contributed by atoms with van der Waals surface area (Å²) < 4.78 is 0. The monoisotopic (exact) mass is 330 g/mol. The molecule has 0 aliphatic rings. The van der Waals surface area contributed by atoms with E-state index in [1.165, 1.54) is 0 Å². The Labute approximate surface area is 131 Å². The molecule has 98 valence electrons. The highest BCUT2D eigenvalue weighted by atomic mass is 35.5. The second-order valence-electron chi connectivity index (χ2n) is 3.81. The van der Waals surface area contributed by atoms with Crippen LogP contribution in [0, 0.1) is 0 Å². The van der Waals surface area contributed by atoms with Gasteiger partial charge in [0.15, 0.2) is 0 Å². The molecule has 19 heavy (non-hydrogen) atoms. The lowest BCUT2D eigenvalue weighted by Gasteiger charge is -2.11. The maximum atomic E-state index is 6.16. The van der Waals surface area contributed by atoms with Crippen LogP contribution in [0.25, 0.3) is 0 Å². The summed E-state index contributed by atoms with van der Waals surface area (Å²) >= 11 is 23.0. The van der Waals surface area contributed by atoms with Crippen LogP contribution in [-0.2, 0) is 0 Å². The maximum Gasteiger partial charge on any atom is 0.104 e. The van der Waals surface area contributed by atoms with Gasteiger partial charge in [-0.3, -0.25) is 0 Å².